The summed E-state index contributed by atoms with van der Waals surface area (Å²) in [7, 11) is 9.25. The first-order valence-corrected chi connectivity index (χ1v) is 6.69. The number of allylic oxidation sites excluding steroid dienone is 2. The molecule has 0 aromatic heterocycles. The van der Waals surface area contributed by atoms with Crippen molar-refractivity contribution >= 4 is 0 Å². The van der Waals surface area contributed by atoms with Gasteiger partial charge in [-0.15, -0.1) is 0 Å². The fourth-order valence-corrected chi connectivity index (χ4v) is 1.89. The van der Waals surface area contributed by atoms with E-state index >= 15 is 0 Å². The minimum Gasteiger partial charge on any atom is -0.325 e. The van der Waals surface area contributed by atoms with Gasteiger partial charge in [-0.05, 0) is 26.0 Å². The van der Waals surface area contributed by atoms with Crippen molar-refractivity contribution in [2.75, 3.05) is 54.4 Å². The molecule has 0 aliphatic heterocycles. The van der Waals surface area contributed by atoms with Crippen molar-refractivity contribution in [3.8, 4) is 0 Å². The first kappa shape index (κ1) is 16.4. The zero-order valence-corrected chi connectivity index (χ0v) is 12.7. The van der Waals surface area contributed by atoms with Crippen LogP contribution in [-0.2, 0) is 0 Å². The van der Waals surface area contributed by atoms with E-state index < -0.39 is 0 Å². The number of nitrogens with zero attached hydrogens (tertiary/aromatic N) is 2. The van der Waals surface area contributed by atoms with Crippen molar-refractivity contribution < 1.29 is 8.97 Å². The van der Waals surface area contributed by atoms with Crippen molar-refractivity contribution in [1.29, 1.82) is 0 Å². The molecule has 0 saturated heterocycles. The van der Waals surface area contributed by atoms with Crippen molar-refractivity contribution in [3.05, 3.63) is 24.3 Å². The van der Waals surface area contributed by atoms with Gasteiger partial charge in [-0.3, -0.25) is 0 Å². The third-order valence-electron chi connectivity index (χ3n) is 3.20. The molecule has 0 atom stereocenters. The van der Waals surface area contributed by atoms with E-state index in [0.717, 1.165) is 22.1 Å². The van der Waals surface area contributed by atoms with Gasteiger partial charge >= 0.3 is 0 Å². The van der Waals surface area contributed by atoms with Gasteiger partial charge < -0.3 is 8.97 Å². The van der Waals surface area contributed by atoms with Gasteiger partial charge in [-0.25, -0.2) is 0 Å². The van der Waals surface area contributed by atoms with Crippen LogP contribution in [0.15, 0.2) is 24.3 Å². The summed E-state index contributed by atoms with van der Waals surface area (Å²) in [4.78, 5) is 0. The maximum Gasteiger partial charge on any atom is 0.0969 e. The molecule has 0 heterocycles. The highest BCUT2D eigenvalue weighted by atomic mass is 15.3. The lowest BCUT2D eigenvalue weighted by Gasteiger charge is -2.32. The fraction of sp³-hybridized carbons (Fsp3) is 0.733. The molecule has 0 aromatic rings. The van der Waals surface area contributed by atoms with Crippen molar-refractivity contribution in [1.82, 2.24) is 0 Å². The fourth-order valence-electron chi connectivity index (χ4n) is 1.89. The average molecular weight is 240 g/mol. The second kappa shape index (κ2) is 7.67. The van der Waals surface area contributed by atoms with Crippen molar-refractivity contribution in [3.63, 3.8) is 0 Å². The van der Waals surface area contributed by atoms with E-state index in [0.29, 0.717) is 0 Å². The summed E-state index contributed by atoms with van der Waals surface area (Å²) >= 11 is 0. The first-order valence-electron chi connectivity index (χ1n) is 6.69. The van der Waals surface area contributed by atoms with Crippen LogP contribution in [0, 0.1) is 0 Å². The molecule has 100 valence electrons. The molecule has 17 heavy (non-hydrogen) atoms. The number of hydrogen-bond donors (Lipinski definition) is 0. The van der Waals surface area contributed by atoms with Gasteiger partial charge in [0.15, 0.2) is 0 Å². The van der Waals surface area contributed by atoms with E-state index in [2.05, 4.69) is 66.3 Å². The maximum absolute atomic E-state index is 2.31. The number of rotatable bonds is 8. The third kappa shape index (κ3) is 9.13. The molecule has 2 nitrogen and oxygen atoms in total. The molecular weight excluding hydrogens is 208 g/mol. The van der Waals surface area contributed by atoms with Crippen LogP contribution in [-0.4, -0.2) is 63.3 Å². The molecule has 0 aromatic carbocycles. The van der Waals surface area contributed by atoms with Gasteiger partial charge in [0.2, 0.25) is 0 Å². The van der Waals surface area contributed by atoms with Crippen LogP contribution >= 0.6 is 0 Å². The summed E-state index contributed by atoms with van der Waals surface area (Å²) in [5.41, 5.74) is 0. The largest absolute Gasteiger partial charge is 0.325 e. The lowest BCUT2D eigenvalue weighted by Crippen LogP contribution is -2.45. The summed E-state index contributed by atoms with van der Waals surface area (Å²) in [6, 6.07) is 0. The minimum atomic E-state index is 1.09. The van der Waals surface area contributed by atoms with E-state index in [1.54, 1.807) is 0 Å². The number of likely N-dealkylation sites (N-methyl/N-ethyl adjacent to an activating group) is 2. The van der Waals surface area contributed by atoms with Gasteiger partial charge in [-0.1, -0.05) is 12.2 Å². The SMILES string of the molecule is CC=CC[N+](C)(C)CCC[N+](C)(C)CC=CC. The van der Waals surface area contributed by atoms with Gasteiger partial charge in [0.05, 0.1) is 54.4 Å². The molecular formula is C15H32N2+2. The van der Waals surface area contributed by atoms with Gasteiger partial charge in [0.25, 0.3) is 0 Å². The Bertz CT molecular complexity index is 224. The molecule has 0 N–H and O–H groups in total. The van der Waals surface area contributed by atoms with E-state index in [4.69, 9.17) is 0 Å². The third-order valence-corrected chi connectivity index (χ3v) is 3.20. The highest BCUT2D eigenvalue weighted by Crippen LogP contribution is 2.05. The summed E-state index contributed by atoms with van der Waals surface area (Å²) in [6.07, 6.45) is 10.1. The molecule has 0 aliphatic rings. The number of hydrogen-bond acceptors (Lipinski definition) is 0. The van der Waals surface area contributed by atoms with E-state index in [9.17, 15) is 0 Å². The van der Waals surface area contributed by atoms with Crippen LogP contribution < -0.4 is 0 Å². The van der Waals surface area contributed by atoms with Crippen LogP contribution in [0.2, 0.25) is 0 Å². The van der Waals surface area contributed by atoms with E-state index in [1.807, 2.05) is 0 Å². The van der Waals surface area contributed by atoms with Gasteiger partial charge in [-0.2, -0.15) is 0 Å². The van der Waals surface area contributed by atoms with Crippen LogP contribution in [0.1, 0.15) is 20.3 Å². The maximum atomic E-state index is 2.31. The number of quaternary nitrogens is 2. The Morgan fingerprint density at radius 1 is 0.706 bits per heavy atom. The molecule has 0 saturated carbocycles. The van der Waals surface area contributed by atoms with Crippen LogP contribution in [0.5, 0.6) is 0 Å². The molecule has 0 bridgehead atoms. The highest BCUT2D eigenvalue weighted by Gasteiger charge is 2.17. The Morgan fingerprint density at radius 2 is 1.06 bits per heavy atom. The molecule has 0 rings (SSSR count). The quantitative estimate of drug-likeness (QED) is 0.452. The molecule has 0 radical (unpaired) electrons. The lowest BCUT2D eigenvalue weighted by atomic mass is 10.3. The molecule has 0 aliphatic carbocycles. The zero-order chi connectivity index (χ0) is 13.4. The predicted molar refractivity (Wildman–Crippen MR) is 77.9 cm³/mol. The van der Waals surface area contributed by atoms with E-state index in [1.165, 1.54) is 19.5 Å². The Morgan fingerprint density at radius 3 is 1.35 bits per heavy atom. The summed E-state index contributed by atoms with van der Waals surface area (Å²) in [5.74, 6) is 0. The van der Waals surface area contributed by atoms with Crippen molar-refractivity contribution in [2.45, 2.75) is 20.3 Å². The van der Waals surface area contributed by atoms with Crippen LogP contribution in [0.25, 0.3) is 0 Å². The topological polar surface area (TPSA) is 0 Å². The standard InChI is InChI=1S/C15H32N2/c1-7-9-12-16(3,4)14-11-15-17(5,6)13-10-8-2/h7-10H,11-15H2,1-6H3/q+2. The molecule has 0 unspecified atom stereocenters. The van der Waals surface area contributed by atoms with E-state index in [-0.39, 0.29) is 0 Å². The minimum absolute atomic E-state index is 1.09. The van der Waals surface area contributed by atoms with Crippen LogP contribution in [0.4, 0.5) is 0 Å². The van der Waals surface area contributed by atoms with Crippen molar-refractivity contribution in [2.24, 2.45) is 0 Å². The van der Waals surface area contributed by atoms with Crippen LogP contribution in [0.3, 0.4) is 0 Å². The van der Waals surface area contributed by atoms with Gasteiger partial charge in [0, 0.05) is 6.42 Å². The molecule has 0 spiro atoms. The lowest BCUT2D eigenvalue weighted by molar-refractivity contribution is -0.903. The molecule has 0 amide bonds. The average Bonchev–Trinajstić information content (AvgIpc) is 2.23. The Kier molecular flexibility index (Phi) is 7.40. The zero-order valence-electron chi connectivity index (χ0n) is 12.7. The first-order chi connectivity index (χ1) is 7.83. The second-order valence-electron chi connectivity index (χ2n) is 6.18. The smallest absolute Gasteiger partial charge is 0.0969 e. The Hall–Kier alpha value is -0.600. The second-order valence-corrected chi connectivity index (χ2v) is 6.18. The Labute approximate surface area is 108 Å². The summed E-state index contributed by atoms with van der Waals surface area (Å²) < 4.78 is 2.18. The molecule has 0 fully saturated rings. The predicted octanol–water partition coefficient (Wildman–Crippen LogP) is 2.68. The van der Waals surface area contributed by atoms with Gasteiger partial charge in [0.1, 0.15) is 0 Å². The summed E-state index contributed by atoms with van der Waals surface area (Å²) in [6.45, 7) is 8.97. The normalized spacial score (nSPS) is 14.0. The highest BCUT2D eigenvalue weighted by molar-refractivity contribution is 4.76. The monoisotopic (exact) mass is 240 g/mol. The summed E-state index contributed by atoms with van der Waals surface area (Å²) in [5, 5.41) is 0. The molecule has 2 heteroatoms. The Balaban J connectivity index is 3.96.